The molecule has 5 heteroatoms. The van der Waals surface area contributed by atoms with Crippen LogP contribution in [-0.4, -0.2) is 31.1 Å². The number of hydrogen-bond acceptors (Lipinski definition) is 4. The fourth-order valence-corrected chi connectivity index (χ4v) is 1.73. The molecule has 0 radical (unpaired) electrons. The normalized spacial score (nSPS) is 10.7. The van der Waals surface area contributed by atoms with Crippen LogP contribution in [0.5, 0.6) is 0 Å². The predicted octanol–water partition coefficient (Wildman–Crippen LogP) is 2.88. The average Bonchev–Trinajstić information content (AvgIpc) is 2.38. The van der Waals surface area contributed by atoms with Crippen molar-refractivity contribution in [2.75, 3.05) is 13.2 Å². The Kier molecular flexibility index (Phi) is 6.70. The standard InChI is InChI=1S/C14H17ClO4/c1-3-18-14(19-4-2)13(17)9-12(16)10-6-5-7-11(15)8-10/h5-8,14H,3-4,9H2,1-2H3. The molecule has 0 bridgehead atoms. The van der Waals surface area contributed by atoms with Crippen molar-refractivity contribution in [1.82, 2.24) is 0 Å². The van der Waals surface area contributed by atoms with Gasteiger partial charge in [-0.05, 0) is 26.0 Å². The smallest absolute Gasteiger partial charge is 0.218 e. The molecule has 0 fully saturated rings. The molecule has 0 heterocycles. The lowest BCUT2D eigenvalue weighted by Gasteiger charge is -2.15. The van der Waals surface area contributed by atoms with Crippen LogP contribution in [-0.2, 0) is 14.3 Å². The van der Waals surface area contributed by atoms with E-state index in [1.807, 2.05) is 0 Å². The largest absolute Gasteiger partial charge is 0.346 e. The van der Waals surface area contributed by atoms with Crippen LogP contribution in [0, 0.1) is 0 Å². The van der Waals surface area contributed by atoms with Crippen molar-refractivity contribution in [3.8, 4) is 0 Å². The number of carbonyl (C=O) groups excluding carboxylic acids is 2. The zero-order valence-corrected chi connectivity index (χ0v) is 11.8. The molecule has 1 aromatic carbocycles. The summed E-state index contributed by atoms with van der Waals surface area (Å²) in [6.07, 6.45) is -1.23. The van der Waals surface area contributed by atoms with Gasteiger partial charge in [0, 0.05) is 23.8 Å². The molecular weight excluding hydrogens is 268 g/mol. The second-order valence-corrected chi connectivity index (χ2v) is 4.26. The highest BCUT2D eigenvalue weighted by Crippen LogP contribution is 2.13. The van der Waals surface area contributed by atoms with Crippen molar-refractivity contribution in [2.45, 2.75) is 26.6 Å². The van der Waals surface area contributed by atoms with Crippen LogP contribution in [0.25, 0.3) is 0 Å². The first-order valence-electron chi connectivity index (χ1n) is 6.13. The first-order valence-corrected chi connectivity index (χ1v) is 6.51. The van der Waals surface area contributed by atoms with Gasteiger partial charge in [0.1, 0.15) is 0 Å². The first kappa shape index (κ1) is 15.8. The highest BCUT2D eigenvalue weighted by Gasteiger charge is 2.22. The van der Waals surface area contributed by atoms with Gasteiger partial charge in [0.15, 0.2) is 11.6 Å². The van der Waals surface area contributed by atoms with E-state index in [1.54, 1.807) is 32.0 Å². The van der Waals surface area contributed by atoms with Crippen LogP contribution < -0.4 is 0 Å². The van der Waals surface area contributed by atoms with Crippen LogP contribution >= 0.6 is 11.6 Å². The molecule has 0 spiro atoms. The zero-order valence-electron chi connectivity index (χ0n) is 11.0. The molecule has 1 aromatic rings. The molecule has 1 rings (SSSR count). The van der Waals surface area contributed by atoms with Crippen molar-refractivity contribution in [1.29, 1.82) is 0 Å². The third-order valence-corrected chi connectivity index (χ3v) is 2.62. The van der Waals surface area contributed by atoms with Crippen molar-refractivity contribution in [2.24, 2.45) is 0 Å². The summed E-state index contributed by atoms with van der Waals surface area (Å²) < 4.78 is 10.3. The Morgan fingerprint density at radius 1 is 1.21 bits per heavy atom. The van der Waals surface area contributed by atoms with E-state index in [0.717, 1.165) is 0 Å². The molecule has 19 heavy (non-hydrogen) atoms. The van der Waals surface area contributed by atoms with Crippen LogP contribution in [0.2, 0.25) is 5.02 Å². The fourth-order valence-electron chi connectivity index (χ4n) is 1.54. The molecule has 0 aliphatic heterocycles. The van der Waals surface area contributed by atoms with Gasteiger partial charge in [0.05, 0.1) is 6.42 Å². The molecule has 0 N–H and O–H groups in total. The molecular formula is C14H17ClO4. The Balaban J connectivity index is 2.67. The van der Waals surface area contributed by atoms with Crippen LogP contribution in [0.3, 0.4) is 0 Å². The SMILES string of the molecule is CCOC(OCC)C(=O)CC(=O)c1cccc(Cl)c1. The average molecular weight is 285 g/mol. The number of carbonyl (C=O) groups is 2. The summed E-state index contributed by atoms with van der Waals surface area (Å²) in [6.45, 7) is 4.22. The van der Waals surface area contributed by atoms with Crippen LogP contribution in [0.15, 0.2) is 24.3 Å². The fraction of sp³-hybridized carbons (Fsp3) is 0.429. The first-order chi connectivity index (χ1) is 9.08. The van der Waals surface area contributed by atoms with Gasteiger partial charge in [0.25, 0.3) is 0 Å². The molecule has 0 aromatic heterocycles. The van der Waals surface area contributed by atoms with E-state index >= 15 is 0 Å². The number of ketones is 2. The van der Waals surface area contributed by atoms with E-state index in [1.165, 1.54) is 6.07 Å². The molecule has 0 atom stereocenters. The Morgan fingerprint density at radius 3 is 2.37 bits per heavy atom. The monoisotopic (exact) mass is 284 g/mol. The molecule has 0 aliphatic carbocycles. The van der Waals surface area contributed by atoms with Gasteiger partial charge in [-0.25, -0.2) is 0 Å². The maximum Gasteiger partial charge on any atom is 0.218 e. The van der Waals surface area contributed by atoms with Gasteiger partial charge >= 0.3 is 0 Å². The number of rotatable bonds is 8. The number of hydrogen-bond donors (Lipinski definition) is 0. The van der Waals surface area contributed by atoms with Gasteiger partial charge in [-0.3, -0.25) is 9.59 Å². The number of benzene rings is 1. The summed E-state index contributed by atoms with van der Waals surface area (Å²) in [5, 5.41) is 0.462. The van der Waals surface area contributed by atoms with E-state index in [-0.39, 0.29) is 18.0 Å². The molecule has 0 amide bonds. The van der Waals surface area contributed by atoms with E-state index in [4.69, 9.17) is 21.1 Å². The Labute approximate surface area is 117 Å². The summed E-state index contributed by atoms with van der Waals surface area (Å²) in [6, 6.07) is 6.50. The lowest BCUT2D eigenvalue weighted by atomic mass is 10.1. The topological polar surface area (TPSA) is 52.6 Å². The quantitative estimate of drug-likeness (QED) is 0.418. The van der Waals surface area contributed by atoms with E-state index in [9.17, 15) is 9.59 Å². The summed E-state index contributed by atoms with van der Waals surface area (Å²) in [5.41, 5.74) is 0.410. The highest BCUT2D eigenvalue weighted by molar-refractivity contribution is 6.31. The summed E-state index contributed by atoms with van der Waals surface area (Å²) in [4.78, 5) is 23.8. The van der Waals surface area contributed by atoms with Gasteiger partial charge < -0.3 is 9.47 Å². The molecule has 4 nitrogen and oxygen atoms in total. The Bertz CT molecular complexity index is 439. The molecule has 104 valence electrons. The van der Waals surface area contributed by atoms with Gasteiger partial charge in [0.2, 0.25) is 6.29 Å². The van der Waals surface area contributed by atoms with Crippen LogP contribution in [0.4, 0.5) is 0 Å². The summed E-state index contributed by atoms with van der Waals surface area (Å²) >= 11 is 5.80. The van der Waals surface area contributed by atoms with Crippen molar-refractivity contribution in [3.63, 3.8) is 0 Å². The number of Topliss-reactive ketones (excluding diaryl/α,β-unsaturated/α-hetero) is 2. The minimum Gasteiger partial charge on any atom is -0.346 e. The van der Waals surface area contributed by atoms with E-state index < -0.39 is 6.29 Å². The second kappa shape index (κ2) is 8.04. The third kappa shape index (κ3) is 5.11. The third-order valence-electron chi connectivity index (χ3n) is 2.38. The molecule has 0 saturated heterocycles. The molecule has 0 aliphatic rings. The maximum atomic E-state index is 11.9. The lowest BCUT2D eigenvalue weighted by molar-refractivity contribution is -0.166. The molecule has 0 saturated carbocycles. The van der Waals surface area contributed by atoms with E-state index in [0.29, 0.717) is 23.8 Å². The van der Waals surface area contributed by atoms with Gasteiger partial charge in [-0.2, -0.15) is 0 Å². The second-order valence-electron chi connectivity index (χ2n) is 3.82. The minimum absolute atomic E-state index is 0.259. The Hall–Kier alpha value is -1.23. The van der Waals surface area contributed by atoms with Crippen molar-refractivity contribution >= 4 is 23.2 Å². The van der Waals surface area contributed by atoms with Gasteiger partial charge in [-0.1, -0.05) is 23.7 Å². The predicted molar refractivity (Wildman–Crippen MR) is 72.4 cm³/mol. The molecule has 0 unspecified atom stereocenters. The lowest BCUT2D eigenvalue weighted by Crippen LogP contribution is -2.29. The van der Waals surface area contributed by atoms with Crippen molar-refractivity contribution in [3.05, 3.63) is 34.9 Å². The Morgan fingerprint density at radius 2 is 1.84 bits per heavy atom. The van der Waals surface area contributed by atoms with Crippen LogP contribution in [0.1, 0.15) is 30.6 Å². The summed E-state index contributed by atoms with van der Waals surface area (Å²) in [7, 11) is 0. The summed E-state index contributed by atoms with van der Waals surface area (Å²) in [5.74, 6) is -0.675. The number of ether oxygens (including phenoxy) is 2. The minimum atomic E-state index is -0.974. The maximum absolute atomic E-state index is 11.9. The van der Waals surface area contributed by atoms with E-state index in [2.05, 4.69) is 0 Å². The van der Waals surface area contributed by atoms with Gasteiger partial charge in [-0.15, -0.1) is 0 Å². The highest BCUT2D eigenvalue weighted by atomic mass is 35.5. The number of halogens is 1. The zero-order chi connectivity index (χ0) is 14.3. The van der Waals surface area contributed by atoms with Crippen molar-refractivity contribution < 1.29 is 19.1 Å².